The number of hydrogen-bond donors (Lipinski definition) is 2. The van der Waals surface area contributed by atoms with E-state index in [2.05, 4.69) is 4.98 Å². The van der Waals surface area contributed by atoms with Crippen LogP contribution in [0.5, 0.6) is 11.5 Å². The lowest BCUT2D eigenvalue weighted by molar-refractivity contribution is 0.489. The number of rotatable bonds is 2. The van der Waals surface area contributed by atoms with Gasteiger partial charge in [0.2, 0.25) is 0 Å². The summed E-state index contributed by atoms with van der Waals surface area (Å²) >= 11 is 0. The van der Waals surface area contributed by atoms with E-state index in [0.29, 0.717) is 0 Å². The van der Waals surface area contributed by atoms with Crippen molar-refractivity contribution in [2.45, 2.75) is 0 Å². The third-order valence-corrected chi connectivity index (χ3v) is 2.72. The van der Waals surface area contributed by atoms with Gasteiger partial charge in [-0.25, -0.2) is 0 Å². The topological polar surface area (TPSA) is 51.0 Å². The molecule has 0 radical (unpaired) electrons. The van der Waals surface area contributed by atoms with E-state index in [0.717, 1.165) is 28.0 Å². The molecule has 0 saturated carbocycles. The Labute approximate surface area is 98.8 Å². The molecule has 3 aromatic rings. The van der Waals surface area contributed by atoms with Crippen molar-refractivity contribution in [2.24, 2.45) is 0 Å². The highest BCUT2D eigenvalue weighted by atomic mass is 16.5. The lowest BCUT2D eigenvalue weighted by atomic mass is 10.1. The van der Waals surface area contributed by atoms with Gasteiger partial charge in [0.05, 0.1) is 0 Å². The molecular weight excluding hydrogens is 212 g/mol. The first-order valence-electron chi connectivity index (χ1n) is 5.42. The Balaban J connectivity index is 2.14. The van der Waals surface area contributed by atoms with Crippen LogP contribution in [-0.4, -0.2) is 4.98 Å². The van der Waals surface area contributed by atoms with Gasteiger partial charge in [-0.2, -0.15) is 0 Å². The molecule has 0 aliphatic rings. The number of nitrogen functional groups attached to an aromatic ring is 1. The maximum atomic E-state index is 5.94. The average molecular weight is 224 g/mol. The molecule has 0 atom stereocenters. The molecule has 0 fully saturated rings. The van der Waals surface area contributed by atoms with Crippen LogP contribution in [0, 0.1) is 0 Å². The van der Waals surface area contributed by atoms with Crippen molar-refractivity contribution in [3.63, 3.8) is 0 Å². The maximum absolute atomic E-state index is 5.94. The molecule has 0 spiro atoms. The zero-order valence-corrected chi connectivity index (χ0v) is 9.18. The zero-order chi connectivity index (χ0) is 11.7. The van der Waals surface area contributed by atoms with Gasteiger partial charge in [0.25, 0.3) is 0 Å². The van der Waals surface area contributed by atoms with Gasteiger partial charge in [0, 0.05) is 28.9 Å². The number of hydrogen-bond acceptors (Lipinski definition) is 2. The van der Waals surface area contributed by atoms with Crippen molar-refractivity contribution in [2.75, 3.05) is 5.73 Å². The molecule has 1 aromatic heterocycles. The van der Waals surface area contributed by atoms with Gasteiger partial charge in [-0.3, -0.25) is 0 Å². The molecule has 0 saturated heterocycles. The van der Waals surface area contributed by atoms with Crippen LogP contribution < -0.4 is 10.5 Å². The summed E-state index contributed by atoms with van der Waals surface area (Å²) < 4.78 is 5.80. The third-order valence-electron chi connectivity index (χ3n) is 2.72. The summed E-state index contributed by atoms with van der Waals surface area (Å²) in [7, 11) is 0. The maximum Gasteiger partial charge on any atom is 0.144 e. The first-order chi connectivity index (χ1) is 8.34. The van der Waals surface area contributed by atoms with Crippen LogP contribution in [0.4, 0.5) is 5.69 Å². The number of nitrogens with one attached hydrogen (secondary N) is 1. The summed E-state index contributed by atoms with van der Waals surface area (Å²) in [4.78, 5) is 2.96. The summed E-state index contributed by atoms with van der Waals surface area (Å²) in [5, 5.41) is 2.04. The predicted octanol–water partition coefficient (Wildman–Crippen LogP) is 3.54. The van der Waals surface area contributed by atoms with Gasteiger partial charge >= 0.3 is 0 Å². The van der Waals surface area contributed by atoms with Crippen molar-refractivity contribution in [1.82, 2.24) is 4.98 Å². The Morgan fingerprint density at radius 3 is 2.53 bits per heavy atom. The number of benzene rings is 2. The fraction of sp³-hybridized carbons (Fsp3) is 0. The van der Waals surface area contributed by atoms with Gasteiger partial charge in [-0.1, -0.05) is 24.3 Å². The molecule has 0 aliphatic carbocycles. The molecule has 2 aromatic carbocycles. The number of nitrogens with two attached hydrogens (primary N) is 1. The molecule has 0 unspecified atom stereocenters. The lowest BCUT2D eigenvalue weighted by Gasteiger charge is -2.09. The van der Waals surface area contributed by atoms with Crippen LogP contribution in [0.2, 0.25) is 0 Å². The number of ether oxygens (including phenoxy) is 1. The minimum atomic E-state index is 0.766. The van der Waals surface area contributed by atoms with Crippen LogP contribution >= 0.6 is 0 Å². The summed E-state index contributed by atoms with van der Waals surface area (Å²) in [6.45, 7) is 0. The minimum Gasteiger partial charge on any atom is -0.455 e. The Bertz CT molecular complexity index is 644. The first kappa shape index (κ1) is 9.78. The van der Waals surface area contributed by atoms with E-state index in [-0.39, 0.29) is 0 Å². The zero-order valence-electron chi connectivity index (χ0n) is 9.18. The van der Waals surface area contributed by atoms with Crippen LogP contribution in [0.25, 0.3) is 10.8 Å². The Kier molecular flexibility index (Phi) is 2.22. The smallest absolute Gasteiger partial charge is 0.144 e. The first-order valence-corrected chi connectivity index (χ1v) is 5.42. The SMILES string of the molecule is Nc1ccc(Oc2cc[nH]c2)c2ccccc12. The third kappa shape index (κ3) is 1.72. The standard InChI is InChI=1S/C14H12N2O/c15-13-5-6-14(17-10-7-8-16-9-10)12-4-2-1-3-11(12)13/h1-9,16H,15H2. The van der Waals surface area contributed by atoms with Gasteiger partial charge in [0.1, 0.15) is 11.5 Å². The second-order valence-electron chi connectivity index (χ2n) is 3.85. The van der Waals surface area contributed by atoms with E-state index in [1.54, 1.807) is 0 Å². The summed E-state index contributed by atoms with van der Waals surface area (Å²) in [6.07, 6.45) is 3.64. The molecule has 17 heavy (non-hydrogen) atoms. The fourth-order valence-electron chi connectivity index (χ4n) is 1.88. The van der Waals surface area contributed by atoms with Gasteiger partial charge in [-0.05, 0) is 18.2 Å². The number of anilines is 1. The highest BCUT2D eigenvalue weighted by molar-refractivity contribution is 5.97. The summed E-state index contributed by atoms with van der Waals surface area (Å²) in [6, 6.07) is 13.6. The fourth-order valence-corrected chi connectivity index (χ4v) is 1.88. The van der Waals surface area contributed by atoms with E-state index in [1.807, 2.05) is 54.9 Å². The van der Waals surface area contributed by atoms with Crippen molar-refractivity contribution in [3.8, 4) is 11.5 Å². The van der Waals surface area contributed by atoms with Gasteiger partial charge in [-0.15, -0.1) is 0 Å². The molecule has 3 nitrogen and oxygen atoms in total. The number of aromatic amines is 1. The molecule has 3 rings (SSSR count). The quantitative estimate of drug-likeness (QED) is 0.654. The largest absolute Gasteiger partial charge is 0.455 e. The molecular formula is C14H12N2O. The molecule has 0 aliphatic heterocycles. The Hall–Kier alpha value is -2.42. The number of fused-ring (bicyclic) bond motifs is 1. The lowest BCUT2D eigenvalue weighted by Crippen LogP contribution is -1.89. The minimum absolute atomic E-state index is 0.766. The van der Waals surface area contributed by atoms with Crippen molar-refractivity contribution in [1.29, 1.82) is 0 Å². The monoisotopic (exact) mass is 224 g/mol. The van der Waals surface area contributed by atoms with E-state index in [4.69, 9.17) is 10.5 Å². The van der Waals surface area contributed by atoms with Gasteiger partial charge < -0.3 is 15.5 Å². The molecule has 3 heteroatoms. The van der Waals surface area contributed by atoms with E-state index in [1.165, 1.54) is 0 Å². The second-order valence-corrected chi connectivity index (χ2v) is 3.85. The van der Waals surface area contributed by atoms with E-state index in [9.17, 15) is 0 Å². The van der Waals surface area contributed by atoms with Crippen molar-refractivity contribution < 1.29 is 4.74 Å². The van der Waals surface area contributed by atoms with E-state index < -0.39 is 0 Å². The van der Waals surface area contributed by atoms with Crippen LogP contribution in [0.15, 0.2) is 54.9 Å². The second kappa shape index (κ2) is 3.87. The number of aromatic nitrogens is 1. The number of H-pyrrole nitrogens is 1. The highest BCUT2D eigenvalue weighted by Gasteiger charge is 2.05. The molecule has 3 N–H and O–H groups in total. The highest BCUT2D eigenvalue weighted by Crippen LogP contribution is 2.32. The Morgan fingerprint density at radius 2 is 1.76 bits per heavy atom. The molecule has 1 heterocycles. The van der Waals surface area contributed by atoms with E-state index >= 15 is 0 Å². The molecule has 0 amide bonds. The summed E-state index contributed by atoms with van der Waals surface area (Å²) in [5.41, 5.74) is 6.70. The van der Waals surface area contributed by atoms with Crippen LogP contribution in [0.1, 0.15) is 0 Å². The van der Waals surface area contributed by atoms with Gasteiger partial charge in [0.15, 0.2) is 0 Å². The van der Waals surface area contributed by atoms with Crippen LogP contribution in [0.3, 0.4) is 0 Å². The molecule has 0 bridgehead atoms. The van der Waals surface area contributed by atoms with Crippen molar-refractivity contribution >= 4 is 16.5 Å². The average Bonchev–Trinajstić information content (AvgIpc) is 2.86. The normalized spacial score (nSPS) is 10.6. The Morgan fingerprint density at radius 1 is 0.941 bits per heavy atom. The molecule has 84 valence electrons. The summed E-state index contributed by atoms with van der Waals surface area (Å²) in [5.74, 6) is 1.61. The predicted molar refractivity (Wildman–Crippen MR) is 69.2 cm³/mol. The van der Waals surface area contributed by atoms with Crippen LogP contribution in [-0.2, 0) is 0 Å². The van der Waals surface area contributed by atoms with Crippen molar-refractivity contribution in [3.05, 3.63) is 54.9 Å².